The van der Waals surface area contributed by atoms with E-state index >= 15 is 0 Å². The number of nitrogen functional groups attached to an aromatic ring is 1. The molecule has 0 radical (unpaired) electrons. The van der Waals surface area contributed by atoms with Gasteiger partial charge in [0.1, 0.15) is 5.52 Å². The van der Waals surface area contributed by atoms with Crippen molar-refractivity contribution in [1.29, 1.82) is 0 Å². The molecule has 6 heteroatoms. The van der Waals surface area contributed by atoms with Crippen LogP contribution in [0.1, 0.15) is 43.6 Å². The van der Waals surface area contributed by atoms with E-state index in [9.17, 15) is 5.11 Å². The Morgan fingerprint density at radius 2 is 2.04 bits per heavy atom. The Morgan fingerprint density at radius 1 is 1.30 bits per heavy atom. The average molecular weight is 318 g/mol. The number of hydrogen-bond acceptors (Lipinski definition) is 5. The van der Waals surface area contributed by atoms with E-state index in [1.165, 1.54) is 12.0 Å². The molecule has 0 fully saturated rings. The molecule has 2 aromatic heterocycles. The molecule has 1 aliphatic rings. The molecular weight excluding hydrogens is 292 g/mol. The van der Waals surface area contributed by atoms with E-state index in [2.05, 4.69) is 10.1 Å². The maximum Gasteiger partial charge on any atom is 0.152 e. The van der Waals surface area contributed by atoms with Crippen LogP contribution in [0.4, 0.5) is 5.82 Å². The van der Waals surface area contributed by atoms with Crippen LogP contribution in [0.5, 0.6) is 0 Å². The van der Waals surface area contributed by atoms with E-state index in [1.54, 1.807) is 7.11 Å². The molecule has 23 heavy (non-hydrogen) atoms. The minimum absolute atomic E-state index is 0.494. The highest BCUT2D eigenvalue weighted by molar-refractivity contribution is 5.93. The first kappa shape index (κ1) is 16.2. The minimum atomic E-state index is -0.808. The molecule has 0 unspecified atom stereocenters. The van der Waals surface area contributed by atoms with Gasteiger partial charge in [0.2, 0.25) is 0 Å². The molecule has 3 rings (SSSR count). The SMILES string of the molecule is COCCn1nc2c(N)nc3c(c2c1CC(C)(C)O)CCCC3. The molecule has 0 spiro atoms. The largest absolute Gasteiger partial charge is 0.390 e. The summed E-state index contributed by atoms with van der Waals surface area (Å²) >= 11 is 0. The Balaban J connectivity index is 2.22. The van der Waals surface area contributed by atoms with Gasteiger partial charge in [-0.1, -0.05) is 0 Å². The highest BCUT2D eigenvalue weighted by atomic mass is 16.5. The number of nitrogens with zero attached hydrogens (tertiary/aromatic N) is 3. The minimum Gasteiger partial charge on any atom is -0.390 e. The van der Waals surface area contributed by atoms with Crippen molar-refractivity contribution in [2.24, 2.45) is 0 Å². The summed E-state index contributed by atoms with van der Waals surface area (Å²) in [7, 11) is 1.68. The number of pyridine rings is 1. The van der Waals surface area contributed by atoms with Crippen LogP contribution in [0.2, 0.25) is 0 Å². The number of aliphatic hydroxyl groups is 1. The lowest BCUT2D eigenvalue weighted by Gasteiger charge is -2.21. The first-order valence-electron chi connectivity index (χ1n) is 8.28. The standard InChI is InChI=1S/C17H26N4O2/c1-17(2,22)10-13-14-11-6-4-5-7-12(11)19-16(18)15(14)20-21(13)8-9-23-3/h22H,4-10H2,1-3H3,(H2,18,19). The molecule has 3 N–H and O–H groups in total. The van der Waals surface area contributed by atoms with Gasteiger partial charge in [0.15, 0.2) is 5.82 Å². The maximum absolute atomic E-state index is 10.4. The number of methoxy groups -OCH3 is 1. The van der Waals surface area contributed by atoms with E-state index in [4.69, 9.17) is 10.5 Å². The number of nitrogens with two attached hydrogens (primary N) is 1. The normalized spacial score (nSPS) is 15.1. The van der Waals surface area contributed by atoms with Crippen LogP contribution in [-0.4, -0.2) is 39.2 Å². The Hall–Kier alpha value is -1.66. The molecule has 0 saturated heterocycles. The van der Waals surface area contributed by atoms with Crippen molar-refractivity contribution in [2.75, 3.05) is 19.5 Å². The zero-order valence-electron chi connectivity index (χ0n) is 14.2. The van der Waals surface area contributed by atoms with Crippen molar-refractivity contribution >= 4 is 16.7 Å². The second-order valence-corrected chi connectivity index (χ2v) is 7.00. The second-order valence-electron chi connectivity index (χ2n) is 7.00. The number of rotatable bonds is 5. The zero-order valence-corrected chi connectivity index (χ0v) is 14.2. The fourth-order valence-corrected chi connectivity index (χ4v) is 3.43. The summed E-state index contributed by atoms with van der Waals surface area (Å²) in [5.74, 6) is 0.494. The second kappa shape index (κ2) is 6.09. The Bertz CT molecular complexity index is 716. The molecular formula is C17H26N4O2. The number of hydrogen-bond donors (Lipinski definition) is 2. The van der Waals surface area contributed by atoms with Crippen LogP contribution < -0.4 is 5.73 Å². The van der Waals surface area contributed by atoms with Crippen LogP contribution >= 0.6 is 0 Å². The predicted molar refractivity (Wildman–Crippen MR) is 90.5 cm³/mol. The number of anilines is 1. The number of aromatic nitrogens is 3. The molecule has 2 aromatic rings. The lowest BCUT2D eigenvalue weighted by atomic mass is 9.90. The molecule has 0 aromatic carbocycles. The zero-order chi connectivity index (χ0) is 16.6. The Morgan fingerprint density at radius 3 is 2.74 bits per heavy atom. The highest BCUT2D eigenvalue weighted by Crippen LogP contribution is 2.34. The van der Waals surface area contributed by atoms with Crippen LogP contribution in [0, 0.1) is 0 Å². The van der Waals surface area contributed by atoms with Crippen LogP contribution in [0.15, 0.2) is 0 Å². The fourth-order valence-electron chi connectivity index (χ4n) is 3.43. The number of ether oxygens (including phenoxy) is 1. The molecule has 0 aliphatic heterocycles. The van der Waals surface area contributed by atoms with Crippen molar-refractivity contribution in [3.05, 3.63) is 17.0 Å². The maximum atomic E-state index is 10.4. The number of aryl methyl sites for hydroxylation is 2. The first-order chi connectivity index (χ1) is 10.9. The van der Waals surface area contributed by atoms with Gasteiger partial charge in [0.05, 0.1) is 18.8 Å². The fraction of sp³-hybridized carbons (Fsp3) is 0.647. The monoisotopic (exact) mass is 318 g/mol. The summed E-state index contributed by atoms with van der Waals surface area (Å²) in [6.07, 6.45) is 4.83. The van der Waals surface area contributed by atoms with Gasteiger partial charge in [-0.15, -0.1) is 0 Å². The molecule has 6 nitrogen and oxygen atoms in total. The third-order valence-corrected chi connectivity index (χ3v) is 4.40. The van der Waals surface area contributed by atoms with E-state index in [0.717, 1.165) is 41.6 Å². The molecule has 2 heterocycles. The van der Waals surface area contributed by atoms with Gasteiger partial charge in [0.25, 0.3) is 0 Å². The van der Waals surface area contributed by atoms with Crippen molar-refractivity contribution in [1.82, 2.24) is 14.8 Å². The highest BCUT2D eigenvalue weighted by Gasteiger charge is 2.26. The van der Waals surface area contributed by atoms with E-state index in [1.807, 2.05) is 18.5 Å². The average Bonchev–Trinajstić information content (AvgIpc) is 2.83. The van der Waals surface area contributed by atoms with Gasteiger partial charge in [-0.2, -0.15) is 5.10 Å². The van der Waals surface area contributed by atoms with Crippen LogP contribution in [-0.2, 0) is 30.5 Å². The molecule has 0 atom stereocenters. The third-order valence-electron chi connectivity index (χ3n) is 4.40. The van der Waals surface area contributed by atoms with Crippen molar-refractivity contribution < 1.29 is 9.84 Å². The van der Waals surface area contributed by atoms with E-state index in [0.29, 0.717) is 25.4 Å². The van der Waals surface area contributed by atoms with Gasteiger partial charge in [-0.05, 0) is 45.1 Å². The van der Waals surface area contributed by atoms with E-state index in [-0.39, 0.29) is 0 Å². The summed E-state index contributed by atoms with van der Waals surface area (Å²) in [6, 6.07) is 0. The predicted octanol–water partition coefficient (Wildman–Crippen LogP) is 1.85. The lowest BCUT2D eigenvalue weighted by Crippen LogP contribution is -2.25. The lowest BCUT2D eigenvalue weighted by molar-refractivity contribution is 0.0783. The van der Waals surface area contributed by atoms with E-state index < -0.39 is 5.60 Å². The summed E-state index contributed by atoms with van der Waals surface area (Å²) in [5.41, 5.74) is 9.54. The first-order valence-corrected chi connectivity index (χ1v) is 8.28. The van der Waals surface area contributed by atoms with Gasteiger partial charge in [0, 0.05) is 30.3 Å². The molecule has 0 bridgehead atoms. The summed E-state index contributed by atoms with van der Waals surface area (Å²) < 4.78 is 7.13. The summed E-state index contributed by atoms with van der Waals surface area (Å²) in [4.78, 5) is 4.58. The quantitative estimate of drug-likeness (QED) is 0.878. The molecule has 0 saturated carbocycles. The van der Waals surface area contributed by atoms with Gasteiger partial charge in [-0.25, -0.2) is 4.98 Å². The van der Waals surface area contributed by atoms with Crippen LogP contribution in [0.25, 0.3) is 10.9 Å². The summed E-state index contributed by atoms with van der Waals surface area (Å²) in [5, 5.41) is 16.1. The topological polar surface area (TPSA) is 86.2 Å². The van der Waals surface area contributed by atoms with Gasteiger partial charge >= 0.3 is 0 Å². The van der Waals surface area contributed by atoms with Crippen molar-refractivity contribution in [2.45, 2.75) is 58.1 Å². The molecule has 126 valence electrons. The Labute approximate surface area is 136 Å². The van der Waals surface area contributed by atoms with Gasteiger partial charge in [-0.3, -0.25) is 4.68 Å². The molecule has 1 aliphatic carbocycles. The summed E-state index contributed by atoms with van der Waals surface area (Å²) in [6.45, 7) is 4.86. The Kier molecular flexibility index (Phi) is 4.29. The van der Waals surface area contributed by atoms with Crippen LogP contribution in [0.3, 0.4) is 0 Å². The molecule has 0 amide bonds. The third kappa shape index (κ3) is 3.19. The van der Waals surface area contributed by atoms with Crippen molar-refractivity contribution in [3.63, 3.8) is 0 Å². The van der Waals surface area contributed by atoms with Crippen molar-refractivity contribution in [3.8, 4) is 0 Å². The number of fused-ring (bicyclic) bond motifs is 3. The van der Waals surface area contributed by atoms with Gasteiger partial charge < -0.3 is 15.6 Å². The smallest absolute Gasteiger partial charge is 0.152 e.